The fourth-order valence-electron chi connectivity index (χ4n) is 3.21. The van der Waals surface area contributed by atoms with Crippen LogP contribution in [0.3, 0.4) is 0 Å². The highest BCUT2D eigenvalue weighted by molar-refractivity contribution is 5.56. The highest BCUT2D eigenvalue weighted by atomic mass is 16.5. The van der Waals surface area contributed by atoms with Gasteiger partial charge in [0.2, 0.25) is 5.88 Å². The number of allylic oxidation sites excluding steroid dienone is 1. The van der Waals surface area contributed by atoms with Crippen LogP contribution in [0.4, 0.5) is 0 Å². The average molecular weight is 328 g/mol. The molecule has 2 N–H and O–H groups in total. The highest BCUT2D eigenvalue weighted by Gasteiger charge is 2.35. The molecule has 1 aromatic heterocycles. The van der Waals surface area contributed by atoms with Gasteiger partial charge in [-0.25, -0.2) is 0 Å². The van der Waals surface area contributed by atoms with Gasteiger partial charge in [0, 0.05) is 5.92 Å². The van der Waals surface area contributed by atoms with Gasteiger partial charge in [0.15, 0.2) is 11.6 Å². The Morgan fingerprint density at radius 2 is 1.72 bits per heavy atom. The number of benzene rings is 2. The zero-order valence-electron chi connectivity index (χ0n) is 13.7. The minimum Gasteiger partial charge on any atom is -0.423 e. The number of hydrogen-bond donors (Lipinski definition) is 1. The molecule has 0 fully saturated rings. The normalized spacial score (nSPS) is 16.1. The minimum absolute atomic E-state index is 0.155. The van der Waals surface area contributed by atoms with Gasteiger partial charge in [-0.1, -0.05) is 48.5 Å². The van der Waals surface area contributed by atoms with E-state index in [1.807, 2.05) is 67.6 Å². The predicted molar refractivity (Wildman–Crippen MR) is 94.1 cm³/mol. The van der Waals surface area contributed by atoms with Crippen LogP contribution in [0.15, 0.2) is 72.1 Å². The summed E-state index contributed by atoms with van der Waals surface area (Å²) in [6, 6.07) is 21.7. The number of para-hydroxylation sites is 1. The first-order valence-electron chi connectivity index (χ1n) is 7.98. The molecule has 0 saturated heterocycles. The number of nitrogens with zero attached hydrogens (tertiary/aromatic N) is 3. The third kappa shape index (κ3) is 2.36. The smallest absolute Gasteiger partial charge is 0.230 e. The van der Waals surface area contributed by atoms with Crippen molar-refractivity contribution in [3.05, 3.63) is 88.9 Å². The Balaban J connectivity index is 1.98. The largest absolute Gasteiger partial charge is 0.423 e. The molecule has 0 amide bonds. The third-order valence-corrected chi connectivity index (χ3v) is 4.43. The Kier molecular flexibility index (Phi) is 3.51. The lowest BCUT2D eigenvalue weighted by molar-refractivity contribution is 0.364. The molecule has 0 bridgehead atoms. The van der Waals surface area contributed by atoms with Crippen LogP contribution in [0.2, 0.25) is 0 Å². The molecule has 3 aromatic rings. The number of ether oxygens (including phenoxy) is 1. The second-order valence-corrected chi connectivity index (χ2v) is 5.92. The molecule has 1 aliphatic heterocycles. The van der Waals surface area contributed by atoms with Crippen molar-refractivity contribution in [2.75, 3.05) is 0 Å². The molecular formula is C20H16N4O. The summed E-state index contributed by atoms with van der Waals surface area (Å²) < 4.78 is 7.51. The summed E-state index contributed by atoms with van der Waals surface area (Å²) >= 11 is 0. The monoisotopic (exact) mass is 328 g/mol. The second kappa shape index (κ2) is 5.84. The van der Waals surface area contributed by atoms with Gasteiger partial charge in [0.05, 0.1) is 11.3 Å². The number of nitriles is 1. The van der Waals surface area contributed by atoms with E-state index in [0.29, 0.717) is 17.5 Å². The van der Waals surface area contributed by atoms with E-state index in [1.54, 1.807) is 4.68 Å². The van der Waals surface area contributed by atoms with Crippen LogP contribution in [-0.2, 0) is 0 Å². The van der Waals surface area contributed by atoms with E-state index in [1.165, 1.54) is 0 Å². The fourth-order valence-corrected chi connectivity index (χ4v) is 3.21. The number of hydrogen-bond acceptors (Lipinski definition) is 4. The first-order chi connectivity index (χ1) is 12.2. The van der Waals surface area contributed by atoms with E-state index in [0.717, 1.165) is 22.4 Å². The van der Waals surface area contributed by atoms with Crippen LogP contribution in [0.25, 0.3) is 5.69 Å². The Morgan fingerprint density at radius 3 is 2.36 bits per heavy atom. The molecular weight excluding hydrogens is 312 g/mol. The minimum atomic E-state index is -0.155. The van der Waals surface area contributed by atoms with Gasteiger partial charge in [-0.2, -0.15) is 15.0 Å². The summed E-state index contributed by atoms with van der Waals surface area (Å²) in [5.74, 6) is 0.694. The quantitative estimate of drug-likeness (QED) is 0.781. The van der Waals surface area contributed by atoms with Gasteiger partial charge in [0.25, 0.3) is 0 Å². The molecule has 2 heterocycles. The molecule has 1 aliphatic rings. The Morgan fingerprint density at radius 1 is 1.08 bits per heavy atom. The Labute approximate surface area is 145 Å². The van der Waals surface area contributed by atoms with Gasteiger partial charge in [0.1, 0.15) is 6.07 Å². The summed E-state index contributed by atoms with van der Waals surface area (Å²) in [5.41, 5.74) is 10.0. The van der Waals surface area contributed by atoms with Crippen LogP contribution >= 0.6 is 0 Å². The first-order valence-corrected chi connectivity index (χ1v) is 7.98. The lowest BCUT2D eigenvalue weighted by atomic mass is 9.84. The van der Waals surface area contributed by atoms with Crippen molar-refractivity contribution in [1.82, 2.24) is 9.78 Å². The molecule has 122 valence electrons. The molecule has 0 radical (unpaired) electrons. The standard InChI is InChI=1S/C20H16N4O/c1-13-17(14-8-4-2-5-9-14)18-16(12-21)23-24(20(18)25-19(13)22)15-10-6-3-7-11-15/h2-11,17H,22H2,1H3. The fraction of sp³-hybridized carbons (Fsp3) is 0.100. The lowest BCUT2D eigenvalue weighted by Gasteiger charge is -2.26. The van der Waals surface area contributed by atoms with E-state index in [4.69, 9.17) is 10.5 Å². The highest BCUT2D eigenvalue weighted by Crippen LogP contribution is 2.44. The van der Waals surface area contributed by atoms with Crippen molar-refractivity contribution in [2.45, 2.75) is 12.8 Å². The lowest BCUT2D eigenvalue weighted by Crippen LogP contribution is -2.21. The summed E-state index contributed by atoms with van der Waals surface area (Å²) in [5, 5.41) is 14.1. The molecule has 5 heteroatoms. The third-order valence-electron chi connectivity index (χ3n) is 4.43. The van der Waals surface area contributed by atoms with Crippen molar-refractivity contribution in [2.24, 2.45) is 5.73 Å². The van der Waals surface area contributed by atoms with Gasteiger partial charge in [-0.05, 0) is 30.2 Å². The first kappa shape index (κ1) is 15.0. The van der Waals surface area contributed by atoms with Gasteiger partial charge >= 0.3 is 0 Å². The van der Waals surface area contributed by atoms with Gasteiger partial charge in [-0.3, -0.25) is 0 Å². The number of rotatable bonds is 2. The maximum absolute atomic E-state index is 9.64. The predicted octanol–water partition coefficient (Wildman–Crippen LogP) is 3.46. The molecule has 1 atom stereocenters. The molecule has 4 rings (SSSR count). The topological polar surface area (TPSA) is 76.9 Å². The van der Waals surface area contributed by atoms with Crippen molar-refractivity contribution >= 4 is 0 Å². The molecule has 2 aromatic carbocycles. The van der Waals surface area contributed by atoms with Crippen LogP contribution < -0.4 is 10.5 Å². The van der Waals surface area contributed by atoms with E-state index in [9.17, 15) is 5.26 Å². The van der Waals surface area contributed by atoms with E-state index < -0.39 is 0 Å². The average Bonchev–Trinajstić information content (AvgIpc) is 3.02. The number of aromatic nitrogens is 2. The second-order valence-electron chi connectivity index (χ2n) is 5.92. The van der Waals surface area contributed by atoms with Gasteiger partial charge < -0.3 is 10.5 Å². The SMILES string of the molecule is CC1=C(N)Oc2c(c(C#N)nn2-c2ccccc2)C1c1ccccc1. The Hall–Kier alpha value is -3.52. The van der Waals surface area contributed by atoms with Crippen molar-refractivity contribution < 1.29 is 4.74 Å². The van der Waals surface area contributed by atoms with Crippen LogP contribution in [0.5, 0.6) is 5.88 Å². The van der Waals surface area contributed by atoms with Crippen LogP contribution in [0, 0.1) is 11.3 Å². The van der Waals surface area contributed by atoms with E-state index in [2.05, 4.69) is 11.2 Å². The zero-order chi connectivity index (χ0) is 17.4. The molecule has 1 unspecified atom stereocenters. The summed E-state index contributed by atoms with van der Waals surface area (Å²) in [4.78, 5) is 0. The Bertz CT molecular complexity index is 997. The van der Waals surface area contributed by atoms with Crippen molar-refractivity contribution in [3.8, 4) is 17.6 Å². The molecule has 0 spiro atoms. The van der Waals surface area contributed by atoms with Gasteiger partial charge in [-0.15, -0.1) is 0 Å². The maximum Gasteiger partial charge on any atom is 0.230 e. The molecule has 0 saturated carbocycles. The van der Waals surface area contributed by atoms with Crippen LogP contribution in [0.1, 0.15) is 29.7 Å². The summed E-state index contributed by atoms with van der Waals surface area (Å²) in [7, 11) is 0. The van der Waals surface area contributed by atoms with Crippen molar-refractivity contribution in [1.29, 1.82) is 5.26 Å². The molecule has 25 heavy (non-hydrogen) atoms. The number of nitrogens with two attached hydrogens (primary N) is 1. The zero-order valence-corrected chi connectivity index (χ0v) is 13.7. The van der Waals surface area contributed by atoms with Crippen LogP contribution in [-0.4, -0.2) is 9.78 Å². The maximum atomic E-state index is 9.64. The summed E-state index contributed by atoms with van der Waals surface area (Å²) in [6.07, 6.45) is 0. The van der Waals surface area contributed by atoms with Crippen molar-refractivity contribution in [3.63, 3.8) is 0 Å². The number of fused-ring (bicyclic) bond motifs is 1. The molecule has 0 aliphatic carbocycles. The molecule has 5 nitrogen and oxygen atoms in total. The summed E-state index contributed by atoms with van der Waals surface area (Å²) in [6.45, 7) is 1.93. The van der Waals surface area contributed by atoms with E-state index >= 15 is 0 Å². The van der Waals surface area contributed by atoms with E-state index in [-0.39, 0.29) is 5.92 Å².